The lowest BCUT2D eigenvalue weighted by molar-refractivity contribution is 0.490. The molecule has 2 aromatic rings. The highest BCUT2D eigenvalue weighted by Crippen LogP contribution is 2.13. The number of nitrogens with two attached hydrogens (primary N) is 1. The van der Waals surface area contributed by atoms with Gasteiger partial charge in [-0.3, -0.25) is 0 Å². The molecule has 1 atom stereocenters. The molecule has 0 aromatic carbocycles. The minimum Gasteiger partial charge on any atom is -0.327 e. The van der Waals surface area contributed by atoms with Gasteiger partial charge < -0.3 is 5.73 Å². The average Bonchev–Trinajstić information content (AvgIpc) is 2.88. The van der Waals surface area contributed by atoms with Gasteiger partial charge in [0.05, 0.1) is 0 Å². The summed E-state index contributed by atoms with van der Waals surface area (Å²) in [6.45, 7) is 4.20. The number of hydrogen-bond acceptors (Lipinski definition) is 4. The Bertz CT molecular complexity index is 447. The Hall–Kier alpha value is -1.20. The Morgan fingerprint density at radius 2 is 2.24 bits per heavy atom. The van der Waals surface area contributed by atoms with Crippen molar-refractivity contribution < 1.29 is 0 Å². The molecule has 0 fully saturated rings. The Balaban J connectivity index is 1.98. The number of thiophene rings is 1. The van der Waals surface area contributed by atoms with Crippen LogP contribution in [0, 0.1) is 0 Å². The van der Waals surface area contributed by atoms with Crippen molar-refractivity contribution in [3.05, 3.63) is 34.5 Å². The van der Waals surface area contributed by atoms with E-state index in [1.807, 2.05) is 4.68 Å². The molecule has 2 rings (SSSR count). The van der Waals surface area contributed by atoms with Gasteiger partial charge in [0.2, 0.25) is 0 Å². The van der Waals surface area contributed by atoms with Crippen molar-refractivity contribution in [3.8, 4) is 0 Å². The topological polar surface area (TPSA) is 56.7 Å². The maximum absolute atomic E-state index is 6.15. The average molecular weight is 250 g/mol. The molecule has 0 saturated heterocycles. The lowest BCUT2D eigenvalue weighted by atomic mass is 10.1. The molecule has 4 nitrogen and oxygen atoms in total. The minimum absolute atomic E-state index is 0.107. The maximum Gasteiger partial charge on any atom is 0.138 e. The van der Waals surface area contributed by atoms with Crippen LogP contribution in [0.2, 0.25) is 0 Å². The van der Waals surface area contributed by atoms with Crippen molar-refractivity contribution in [2.75, 3.05) is 0 Å². The lowest BCUT2D eigenvalue weighted by Gasteiger charge is -2.13. The number of nitrogens with zero attached hydrogens (tertiary/aromatic N) is 3. The third kappa shape index (κ3) is 3.14. The van der Waals surface area contributed by atoms with Gasteiger partial charge in [0.15, 0.2) is 0 Å². The molecule has 0 spiro atoms. The summed E-state index contributed by atoms with van der Waals surface area (Å²) in [7, 11) is 0. The van der Waals surface area contributed by atoms with E-state index in [1.165, 1.54) is 4.88 Å². The third-order valence-electron chi connectivity index (χ3n) is 2.62. The zero-order valence-electron chi connectivity index (χ0n) is 10.2. The molecule has 2 N–H and O–H groups in total. The Morgan fingerprint density at radius 3 is 2.88 bits per heavy atom. The van der Waals surface area contributed by atoms with Crippen LogP contribution in [0.5, 0.6) is 0 Å². The van der Waals surface area contributed by atoms with Crippen LogP contribution in [0.3, 0.4) is 0 Å². The second-order valence-electron chi connectivity index (χ2n) is 4.46. The first-order valence-electron chi connectivity index (χ1n) is 5.83. The van der Waals surface area contributed by atoms with Crippen molar-refractivity contribution >= 4 is 11.3 Å². The van der Waals surface area contributed by atoms with Crippen LogP contribution in [0.4, 0.5) is 0 Å². The van der Waals surface area contributed by atoms with Gasteiger partial charge in [-0.15, -0.1) is 11.3 Å². The van der Waals surface area contributed by atoms with E-state index in [1.54, 1.807) is 17.7 Å². The molecule has 2 heterocycles. The summed E-state index contributed by atoms with van der Waals surface area (Å²) < 4.78 is 1.94. The first-order valence-corrected chi connectivity index (χ1v) is 6.71. The van der Waals surface area contributed by atoms with Crippen LogP contribution < -0.4 is 5.73 Å². The fraction of sp³-hybridized carbons (Fsp3) is 0.500. The van der Waals surface area contributed by atoms with Crippen molar-refractivity contribution in [3.63, 3.8) is 0 Å². The molecule has 0 aliphatic heterocycles. The van der Waals surface area contributed by atoms with E-state index in [4.69, 9.17) is 5.73 Å². The van der Waals surface area contributed by atoms with E-state index in [-0.39, 0.29) is 6.04 Å². The van der Waals surface area contributed by atoms with Crippen LogP contribution in [-0.4, -0.2) is 20.8 Å². The van der Waals surface area contributed by atoms with Crippen molar-refractivity contribution in [2.24, 2.45) is 5.73 Å². The van der Waals surface area contributed by atoms with Gasteiger partial charge >= 0.3 is 0 Å². The highest BCUT2D eigenvalue weighted by atomic mass is 32.1. The molecular formula is C12H18N4S. The third-order valence-corrected chi connectivity index (χ3v) is 3.52. The largest absolute Gasteiger partial charge is 0.327 e. The Kier molecular flexibility index (Phi) is 3.91. The van der Waals surface area contributed by atoms with E-state index < -0.39 is 0 Å². The SMILES string of the molecule is CC(C)n1ncnc1CC(N)Cc1cccs1. The van der Waals surface area contributed by atoms with Crippen LogP contribution in [0.1, 0.15) is 30.6 Å². The van der Waals surface area contributed by atoms with E-state index in [9.17, 15) is 0 Å². The molecule has 0 radical (unpaired) electrons. The molecule has 0 aliphatic rings. The summed E-state index contributed by atoms with van der Waals surface area (Å²) in [4.78, 5) is 5.61. The first-order chi connectivity index (χ1) is 8.16. The minimum atomic E-state index is 0.107. The number of hydrogen-bond donors (Lipinski definition) is 1. The summed E-state index contributed by atoms with van der Waals surface area (Å²) in [6, 6.07) is 4.62. The fourth-order valence-corrected chi connectivity index (χ4v) is 2.64. The zero-order valence-corrected chi connectivity index (χ0v) is 11.0. The summed E-state index contributed by atoms with van der Waals surface area (Å²) in [5.41, 5.74) is 6.15. The van der Waals surface area contributed by atoms with E-state index in [2.05, 4.69) is 41.4 Å². The van der Waals surface area contributed by atoms with Gasteiger partial charge in [-0.2, -0.15) is 5.10 Å². The van der Waals surface area contributed by atoms with E-state index in [0.29, 0.717) is 6.04 Å². The second-order valence-corrected chi connectivity index (χ2v) is 5.49. The predicted molar refractivity (Wildman–Crippen MR) is 70.1 cm³/mol. The fourth-order valence-electron chi connectivity index (χ4n) is 1.85. The van der Waals surface area contributed by atoms with Gasteiger partial charge in [0, 0.05) is 23.4 Å². The highest BCUT2D eigenvalue weighted by Gasteiger charge is 2.12. The van der Waals surface area contributed by atoms with Crippen molar-refractivity contribution in [1.82, 2.24) is 14.8 Å². The molecule has 17 heavy (non-hydrogen) atoms. The zero-order chi connectivity index (χ0) is 12.3. The standard InChI is InChI=1S/C12H18N4S/c1-9(2)16-12(14-8-15-16)7-10(13)6-11-4-3-5-17-11/h3-5,8-10H,6-7,13H2,1-2H3. The van der Waals surface area contributed by atoms with Crippen LogP contribution in [0.15, 0.2) is 23.8 Å². The molecule has 0 bridgehead atoms. The van der Waals surface area contributed by atoms with Gasteiger partial charge in [-0.05, 0) is 31.7 Å². The quantitative estimate of drug-likeness (QED) is 0.883. The smallest absolute Gasteiger partial charge is 0.138 e. The lowest BCUT2D eigenvalue weighted by Crippen LogP contribution is -2.27. The highest BCUT2D eigenvalue weighted by molar-refractivity contribution is 7.09. The van der Waals surface area contributed by atoms with Gasteiger partial charge in [-0.25, -0.2) is 9.67 Å². The van der Waals surface area contributed by atoms with Crippen LogP contribution in [-0.2, 0) is 12.8 Å². The normalized spacial score (nSPS) is 13.2. The molecule has 0 saturated carbocycles. The molecule has 1 unspecified atom stereocenters. The summed E-state index contributed by atoms with van der Waals surface area (Å²) in [5, 5.41) is 6.30. The van der Waals surface area contributed by atoms with Gasteiger partial charge in [0.1, 0.15) is 12.2 Å². The number of rotatable bonds is 5. The molecule has 92 valence electrons. The van der Waals surface area contributed by atoms with E-state index in [0.717, 1.165) is 18.7 Å². The van der Waals surface area contributed by atoms with Crippen LogP contribution in [0.25, 0.3) is 0 Å². The molecule has 5 heteroatoms. The van der Waals surface area contributed by atoms with Crippen molar-refractivity contribution in [2.45, 2.75) is 38.8 Å². The second kappa shape index (κ2) is 5.42. The number of aromatic nitrogens is 3. The maximum atomic E-state index is 6.15. The molecule has 2 aromatic heterocycles. The molecular weight excluding hydrogens is 232 g/mol. The predicted octanol–water partition coefficient (Wildman–Crippen LogP) is 2.03. The molecule has 0 aliphatic carbocycles. The van der Waals surface area contributed by atoms with Crippen molar-refractivity contribution in [1.29, 1.82) is 0 Å². The first kappa shape index (κ1) is 12.3. The summed E-state index contributed by atoms with van der Waals surface area (Å²) in [6.07, 6.45) is 3.28. The Morgan fingerprint density at radius 1 is 1.41 bits per heavy atom. The van der Waals surface area contributed by atoms with Gasteiger partial charge in [0.25, 0.3) is 0 Å². The monoisotopic (exact) mass is 250 g/mol. The summed E-state index contributed by atoms with van der Waals surface area (Å²) in [5.74, 6) is 0.976. The summed E-state index contributed by atoms with van der Waals surface area (Å²) >= 11 is 1.75. The van der Waals surface area contributed by atoms with Gasteiger partial charge in [-0.1, -0.05) is 6.07 Å². The van der Waals surface area contributed by atoms with Crippen LogP contribution >= 0.6 is 11.3 Å². The van der Waals surface area contributed by atoms with E-state index >= 15 is 0 Å². The Labute approximate surface area is 105 Å². The molecule has 0 amide bonds.